The predicted octanol–water partition coefficient (Wildman–Crippen LogP) is 4.03. The molecule has 1 atom stereocenters. The number of hydrogen-bond donors (Lipinski definition) is 2. The van der Waals surface area contributed by atoms with Crippen LogP contribution in [0.4, 0.5) is 0 Å². The minimum atomic E-state index is -3.31. The Hall–Kier alpha value is -3.65. The van der Waals surface area contributed by atoms with Crippen molar-refractivity contribution in [3.8, 4) is 0 Å². The third-order valence-electron chi connectivity index (χ3n) is 5.06. The molecule has 0 spiro atoms. The van der Waals surface area contributed by atoms with E-state index in [2.05, 4.69) is 10.6 Å². The summed E-state index contributed by atoms with van der Waals surface area (Å²) < 4.78 is 28.7. The molecule has 3 aromatic rings. The Kier molecular flexibility index (Phi) is 7.50. The van der Waals surface area contributed by atoms with Crippen LogP contribution in [0.5, 0.6) is 0 Å². The number of aryl methyl sites for hydroxylation is 1. The van der Waals surface area contributed by atoms with Crippen LogP contribution < -0.4 is 10.6 Å². The van der Waals surface area contributed by atoms with Gasteiger partial charge in [-0.3, -0.25) is 9.59 Å². The molecule has 0 aliphatic carbocycles. The number of nitrogens with one attached hydrogen (secondary N) is 2. The lowest BCUT2D eigenvalue weighted by Gasteiger charge is -2.19. The second kappa shape index (κ2) is 10.3. The summed E-state index contributed by atoms with van der Waals surface area (Å²) in [5.74, 6) is -0.505. The van der Waals surface area contributed by atoms with Crippen LogP contribution in [-0.2, 0) is 14.6 Å². The van der Waals surface area contributed by atoms with Crippen molar-refractivity contribution in [2.75, 3.05) is 6.26 Å². The van der Waals surface area contributed by atoms with E-state index in [-0.39, 0.29) is 16.6 Å². The molecule has 0 unspecified atom stereocenters. The van der Waals surface area contributed by atoms with E-state index in [9.17, 15) is 18.0 Å². The molecule has 7 nitrogen and oxygen atoms in total. The van der Waals surface area contributed by atoms with Crippen molar-refractivity contribution in [1.29, 1.82) is 0 Å². The molecule has 33 heavy (non-hydrogen) atoms. The van der Waals surface area contributed by atoms with Gasteiger partial charge < -0.3 is 15.1 Å². The maximum absolute atomic E-state index is 13.1. The van der Waals surface area contributed by atoms with E-state index in [1.54, 1.807) is 36.4 Å². The molecule has 172 valence electrons. The highest BCUT2D eigenvalue weighted by atomic mass is 32.2. The molecule has 0 aliphatic rings. The van der Waals surface area contributed by atoms with E-state index in [4.69, 9.17) is 4.42 Å². The van der Waals surface area contributed by atoms with E-state index >= 15 is 0 Å². The Morgan fingerprint density at radius 2 is 1.70 bits per heavy atom. The zero-order valence-electron chi connectivity index (χ0n) is 18.7. The van der Waals surface area contributed by atoms with Crippen molar-refractivity contribution in [3.63, 3.8) is 0 Å². The van der Waals surface area contributed by atoms with Gasteiger partial charge in [-0.2, -0.15) is 0 Å². The summed E-state index contributed by atoms with van der Waals surface area (Å²) in [6, 6.07) is 16.3. The van der Waals surface area contributed by atoms with Gasteiger partial charge in [0, 0.05) is 17.9 Å². The molecule has 0 fully saturated rings. The highest BCUT2D eigenvalue weighted by Gasteiger charge is 2.20. The maximum Gasteiger partial charge on any atom is 0.268 e. The first-order valence-electron chi connectivity index (χ1n) is 10.4. The summed E-state index contributed by atoms with van der Waals surface area (Å²) in [6.45, 7) is 3.82. The third kappa shape index (κ3) is 6.43. The highest BCUT2D eigenvalue weighted by Crippen LogP contribution is 2.20. The number of amides is 2. The topological polar surface area (TPSA) is 105 Å². The van der Waals surface area contributed by atoms with Gasteiger partial charge in [0.2, 0.25) is 0 Å². The van der Waals surface area contributed by atoms with E-state index in [1.807, 2.05) is 26.0 Å². The predicted molar refractivity (Wildman–Crippen MR) is 126 cm³/mol. The molecule has 3 rings (SSSR count). The van der Waals surface area contributed by atoms with Gasteiger partial charge in [0.1, 0.15) is 11.5 Å². The van der Waals surface area contributed by atoms with Gasteiger partial charge in [-0.05, 0) is 55.3 Å². The number of carbonyl (C=O) groups is 2. The zero-order chi connectivity index (χ0) is 24.0. The van der Waals surface area contributed by atoms with Crippen molar-refractivity contribution in [2.45, 2.75) is 31.2 Å². The monoisotopic (exact) mass is 466 g/mol. The lowest BCUT2D eigenvalue weighted by atomic mass is 10.0. The molecule has 0 aliphatic heterocycles. The van der Waals surface area contributed by atoms with Crippen molar-refractivity contribution in [2.24, 2.45) is 0 Å². The lowest BCUT2D eigenvalue weighted by Crippen LogP contribution is -2.36. The van der Waals surface area contributed by atoms with Crippen LogP contribution in [0.15, 0.2) is 81.9 Å². The quantitative estimate of drug-likeness (QED) is 0.488. The molecule has 0 saturated carbocycles. The lowest BCUT2D eigenvalue weighted by molar-refractivity contribution is -0.118. The average Bonchev–Trinajstić information content (AvgIpc) is 3.30. The van der Waals surface area contributed by atoms with Gasteiger partial charge in [-0.15, -0.1) is 0 Å². The normalized spacial score (nSPS) is 12.8. The number of hydrogen-bond acceptors (Lipinski definition) is 5. The number of furan rings is 1. The van der Waals surface area contributed by atoms with Gasteiger partial charge in [-0.1, -0.05) is 36.8 Å². The fourth-order valence-electron chi connectivity index (χ4n) is 3.18. The average molecular weight is 467 g/mol. The highest BCUT2D eigenvalue weighted by molar-refractivity contribution is 7.90. The molecule has 0 radical (unpaired) electrons. The Morgan fingerprint density at radius 1 is 1.03 bits per heavy atom. The summed E-state index contributed by atoms with van der Waals surface area (Å²) in [6.07, 6.45) is 4.63. The number of carbonyl (C=O) groups excluding carboxylic acids is 2. The molecule has 2 aromatic carbocycles. The molecule has 1 heterocycles. The molecule has 2 N–H and O–H groups in total. The van der Waals surface area contributed by atoms with E-state index in [0.29, 0.717) is 17.7 Å². The Labute approximate surface area is 193 Å². The first-order valence-corrected chi connectivity index (χ1v) is 12.3. The molecule has 0 saturated heterocycles. The van der Waals surface area contributed by atoms with Gasteiger partial charge in [0.15, 0.2) is 9.84 Å². The first-order chi connectivity index (χ1) is 15.7. The molecule has 0 bridgehead atoms. The van der Waals surface area contributed by atoms with Crippen molar-refractivity contribution < 1.29 is 22.4 Å². The van der Waals surface area contributed by atoms with Crippen molar-refractivity contribution in [3.05, 3.63) is 95.1 Å². The maximum atomic E-state index is 13.1. The molecular weight excluding hydrogens is 440 g/mol. The van der Waals surface area contributed by atoms with Crippen LogP contribution in [0.2, 0.25) is 0 Å². The number of rotatable bonds is 8. The Balaban J connectivity index is 1.83. The van der Waals surface area contributed by atoms with E-state index in [1.165, 1.54) is 24.5 Å². The largest absolute Gasteiger partial charge is 0.465 e. The smallest absolute Gasteiger partial charge is 0.268 e. The van der Waals surface area contributed by atoms with Crippen molar-refractivity contribution >= 4 is 27.7 Å². The Morgan fingerprint density at radius 3 is 2.24 bits per heavy atom. The standard InChI is InChI=1S/C25H26N2O5S/c1-4-22(18-11-13-21(14-12-18)33(3,30)31)26-25(29)23(16-20-6-5-15-32-20)27-24(28)19-9-7-17(2)8-10-19/h5-16,22H,4H2,1-3H3,(H,26,29)(H,27,28)/b23-16-/t22-/m1/s1. The van der Waals surface area contributed by atoms with Gasteiger partial charge in [0.25, 0.3) is 11.8 Å². The van der Waals surface area contributed by atoms with Crippen molar-refractivity contribution in [1.82, 2.24) is 10.6 Å². The van der Waals surface area contributed by atoms with Crippen LogP contribution in [0.1, 0.15) is 46.6 Å². The molecule has 1 aromatic heterocycles. The molecular formula is C25H26N2O5S. The zero-order valence-corrected chi connectivity index (χ0v) is 19.5. The van der Waals surface area contributed by atoms with Crippen LogP contribution in [0.3, 0.4) is 0 Å². The minimum Gasteiger partial charge on any atom is -0.465 e. The first kappa shape index (κ1) is 24.0. The van der Waals surface area contributed by atoms with Crippen LogP contribution in [-0.4, -0.2) is 26.5 Å². The summed E-state index contributed by atoms with van der Waals surface area (Å²) in [5, 5.41) is 5.58. The van der Waals surface area contributed by atoms with Gasteiger partial charge >= 0.3 is 0 Å². The van der Waals surface area contributed by atoms with Crippen LogP contribution in [0.25, 0.3) is 6.08 Å². The number of sulfone groups is 1. The summed E-state index contributed by atoms with van der Waals surface area (Å²) in [7, 11) is -3.31. The summed E-state index contributed by atoms with van der Waals surface area (Å²) in [4.78, 5) is 26.1. The Bertz CT molecular complexity index is 1240. The fraction of sp³-hybridized carbons (Fsp3) is 0.200. The second-order valence-corrected chi connectivity index (χ2v) is 9.68. The van der Waals surface area contributed by atoms with E-state index in [0.717, 1.165) is 17.4 Å². The molecule has 2 amide bonds. The van der Waals surface area contributed by atoms with E-state index < -0.39 is 21.7 Å². The van der Waals surface area contributed by atoms with Crippen LogP contribution >= 0.6 is 0 Å². The third-order valence-corrected chi connectivity index (χ3v) is 6.19. The van der Waals surface area contributed by atoms with Gasteiger partial charge in [0.05, 0.1) is 17.2 Å². The van der Waals surface area contributed by atoms with Crippen LogP contribution in [0, 0.1) is 6.92 Å². The second-order valence-electron chi connectivity index (χ2n) is 7.67. The number of benzene rings is 2. The fourth-order valence-corrected chi connectivity index (χ4v) is 3.81. The van der Waals surface area contributed by atoms with Gasteiger partial charge in [-0.25, -0.2) is 8.42 Å². The summed E-state index contributed by atoms with van der Waals surface area (Å²) >= 11 is 0. The SMILES string of the molecule is CC[C@@H](NC(=O)/C(=C/c1ccco1)NC(=O)c1ccc(C)cc1)c1ccc(S(C)(=O)=O)cc1. The minimum absolute atomic E-state index is 0.0294. The molecule has 8 heteroatoms. The summed E-state index contributed by atoms with van der Waals surface area (Å²) in [5.41, 5.74) is 2.22.